The van der Waals surface area contributed by atoms with Gasteiger partial charge < -0.3 is 9.47 Å². The molecule has 17 heavy (non-hydrogen) atoms. The van der Waals surface area contributed by atoms with Gasteiger partial charge in [0.2, 0.25) is 0 Å². The Morgan fingerprint density at radius 3 is 2.24 bits per heavy atom. The minimum absolute atomic E-state index is 0.194. The molecule has 0 saturated heterocycles. The predicted molar refractivity (Wildman–Crippen MR) is 64.5 cm³/mol. The first-order chi connectivity index (χ1) is 8.24. The zero-order chi connectivity index (χ0) is 12.3. The van der Waals surface area contributed by atoms with Gasteiger partial charge in [-0.2, -0.15) is 5.26 Å². The van der Waals surface area contributed by atoms with E-state index in [-0.39, 0.29) is 11.7 Å². The summed E-state index contributed by atoms with van der Waals surface area (Å²) in [4.78, 5) is 0. The normalized spacial score (nSPS) is 16.8. The molecule has 1 aromatic carbocycles. The molecule has 90 valence electrons. The Kier molecular flexibility index (Phi) is 3.46. The van der Waals surface area contributed by atoms with E-state index < -0.39 is 0 Å². The molecule has 1 aliphatic rings. The smallest absolute Gasteiger partial charge is 0.160 e. The molecule has 0 bridgehead atoms. The molecule has 0 radical (unpaired) electrons. The highest BCUT2D eigenvalue weighted by atomic mass is 16.7. The Balaban J connectivity index is 2.06. The molecular formula is C14H17NO2. The first-order valence-corrected chi connectivity index (χ1v) is 5.80. The Hall–Kier alpha value is -1.37. The lowest BCUT2D eigenvalue weighted by Gasteiger charge is -2.14. The predicted octanol–water partition coefficient (Wildman–Crippen LogP) is 2.40. The highest BCUT2D eigenvalue weighted by molar-refractivity contribution is 5.40. The van der Waals surface area contributed by atoms with Crippen molar-refractivity contribution in [2.75, 3.05) is 14.2 Å². The molecule has 2 rings (SSSR count). The molecule has 1 fully saturated rings. The summed E-state index contributed by atoms with van der Waals surface area (Å²) in [5.41, 5.74) is 2.10. The fourth-order valence-corrected chi connectivity index (χ4v) is 2.01. The van der Waals surface area contributed by atoms with Crippen molar-refractivity contribution in [3.63, 3.8) is 0 Å². The van der Waals surface area contributed by atoms with Crippen molar-refractivity contribution >= 4 is 0 Å². The third-order valence-electron chi connectivity index (χ3n) is 3.40. The van der Waals surface area contributed by atoms with Crippen LogP contribution in [-0.4, -0.2) is 20.5 Å². The van der Waals surface area contributed by atoms with Gasteiger partial charge in [0.1, 0.15) is 0 Å². The van der Waals surface area contributed by atoms with Gasteiger partial charge in [0.05, 0.1) is 11.5 Å². The van der Waals surface area contributed by atoms with Crippen LogP contribution in [0, 0.1) is 11.3 Å². The summed E-state index contributed by atoms with van der Waals surface area (Å²) < 4.78 is 10.3. The Morgan fingerprint density at radius 1 is 1.24 bits per heavy atom. The maximum absolute atomic E-state index is 9.11. The summed E-state index contributed by atoms with van der Waals surface area (Å²) in [5, 5.41) is 9.11. The Bertz CT molecular complexity index is 411. The highest BCUT2D eigenvalue weighted by Crippen LogP contribution is 2.47. The van der Waals surface area contributed by atoms with Crippen LogP contribution in [0.5, 0.6) is 0 Å². The van der Waals surface area contributed by atoms with Gasteiger partial charge in [-0.25, -0.2) is 0 Å². The van der Waals surface area contributed by atoms with Crippen LogP contribution in [0.1, 0.15) is 24.0 Å². The topological polar surface area (TPSA) is 42.2 Å². The van der Waals surface area contributed by atoms with E-state index in [1.807, 2.05) is 12.1 Å². The lowest BCUT2D eigenvalue weighted by atomic mass is 9.96. The summed E-state index contributed by atoms with van der Waals surface area (Å²) in [6, 6.07) is 10.6. The van der Waals surface area contributed by atoms with Crippen LogP contribution in [0.15, 0.2) is 24.3 Å². The lowest BCUT2D eigenvalue weighted by molar-refractivity contribution is -0.100. The number of hydrogen-bond acceptors (Lipinski definition) is 3. The van der Waals surface area contributed by atoms with Gasteiger partial charge in [-0.15, -0.1) is 0 Å². The molecule has 0 aliphatic heterocycles. The standard InChI is InChI=1S/C14H17NO2/c1-16-13(17-2)9-11-3-5-12(6-4-11)14(10-15)7-8-14/h3-6,13H,7-9H2,1-2H3. The average molecular weight is 231 g/mol. The van der Waals surface area contributed by atoms with Crippen LogP contribution in [0.4, 0.5) is 0 Å². The van der Waals surface area contributed by atoms with Gasteiger partial charge in [0.15, 0.2) is 6.29 Å². The van der Waals surface area contributed by atoms with Gasteiger partial charge in [0, 0.05) is 20.6 Å². The first-order valence-electron chi connectivity index (χ1n) is 5.80. The quantitative estimate of drug-likeness (QED) is 0.731. The van der Waals surface area contributed by atoms with Crippen molar-refractivity contribution < 1.29 is 9.47 Å². The van der Waals surface area contributed by atoms with Crippen LogP contribution in [0.25, 0.3) is 0 Å². The minimum Gasteiger partial charge on any atom is -0.356 e. The third-order valence-corrected chi connectivity index (χ3v) is 3.40. The lowest BCUT2D eigenvalue weighted by Crippen LogP contribution is -2.16. The number of benzene rings is 1. The molecule has 0 N–H and O–H groups in total. The van der Waals surface area contributed by atoms with Crippen molar-refractivity contribution in [1.29, 1.82) is 5.26 Å². The average Bonchev–Trinajstić information content (AvgIpc) is 3.17. The van der Waals surface area contributed by atoms with Crippen molar-refractivity contribution in [1.82, 2.24) is 0 Å². The summed E-state index contributed by atoms with van der Waals surface area (Å²) >= 11 is 0. The number of ether oxygens (including phenoxy) is 2. The maximum Gasteiger partial charge on any atom is 0.160 e. The van der Waals surface area contributed by atoms with E-state index in [4.69, 9.17) is 14.7 Å². The van der Waals surface area contributed by atoms with Crippen LogP contribution < -0.4 is 0 Å². The number of methoxy groups -OCH3 is 2. The van der Waals surface area contributed by atoms with Crippen molar-refractivity contribution in [2.45, 2.75) is 31.0 Å². The molecule has 0 amide bonds. The van der Waals surface area contributed by atoms with E-state index in [0.717, 1.165) is 30.4 Å². The van der Waals surface area contributed by atoms with E-state index in [2.05, 4.69) is 18.2 Å². The monoisotopic (exact) mass is 231 g/mol. The van der Waals surface area contributed by atoms with Crippen LogP contribution >= 0.6 is 0 Å². The van der Waals surface area contributed by atoms with E-state index in [9.17, 15) is 0 Å². The van der Waals surface area contributed by atoms with Crippen LogP contribution in [-0.2, 0) is 21.3 Å². The fraction of sp³-hybridized carbons (Fsp3) is 0.500. The number of nitriles is 1. The largest absolute Gasteiger partial charge is 0.356 e. The van der Waals surface area contributed by atoms with Crippen LogP contribution in [0.2, 0.25) is 0 Å². The molecule has 0 atom stereocenters. The molecule has 0 heterocycles. The second kappa shape index (κ2) is 4.87. The molecule has 3 heteroatoms. The summed E-state index contributed by atoms with van der Waals surface area (Å²) in [7, 11) is 3.27. The highest BCUT2D eigenvalue weighted by Gasteiger charge is 2.44. The van der Waals surface area contributed by atoms with Gasteiger partial charge in [-0.1, -0.05) is 24.3 Å². The van der Waals surface area contributed by atoms with Gasteiger partial charge in [-0.3, -0.25) is 0 Å². The van der Waals surface area contributed by atoms with Gasteiger partial charge >= 0.3 is 0 Å². The zero-order valence-electron chi connectivity index (χ0n) is 10.3. The zero-order valence-corrected chi connectivity index (χ0v) is 10.3. The summed E-state index contributed by atoms with van der Waals surface area (Å²) in [6.07, 6.45) is 2.50. The first kappa shape index (κ1) is 12.1. The molecule has 1 saturated carbocycles. The molecular weight excluding hydrogens is 214 g/mol. The molecule has 3 nitrogen and oxygen atoms in total. The van der Waals surface area contributed by atoms with Gasteiger partial charge in [0.25, 0.3) is 0 Å². The molecule has 0 unspecified atom stereocenters. The fourth-order valence-electron chi connectivity index (χ4n) is 2.01. The minimum atomic E-state index is -0.202. The molecule has 0 spiro atoms. The molecule has 1 aliphatic carbocycles. The van der Waals surface area contributed by atoms with Crippen molar-refractivity contribution in [3.8, 4) is 6.07 Å². The second-order valence-electron chi connectivity index (χ2n) is 4.50. The van der Waals surface area contributed by atoms with Crippen molar-refractivity contribution in [3.05, 3.63) is 35.4 Å². The van der Waals surface area contributed by atoms with E-state index in [0.29, 0.717) is 0 Å². The van der Waals surface area contributed by atoms with Crippen molar-refractivity contribution in [2.24, 2.45) is 0 Å². The van der Waals surface area contributed by atoms with E-state index >= 15 is 0 Å². The summed E-state index contributed by atoms with van der Waals surface area (Å²) in [5.74, 6) is 0. The van der Waals surface area contributed by atoms with E-state index in [1.54, 1.807) is 14.2 Å². The number of rotatable bonds is 5. The Labute approximate surface area is 102 Å². The summed E-state index contributed by atoms with van der Waals surface area (Å²) in [6.45, 7) is 0. The maximum atomic E-state index is 9.11. The van der Waals surface area contributed by atoms with Crippen LogP contribution in [0.3, 0.4) is 0 Å². The van der Waals surface area contributed by atoms with E-state index in [1.165, 1.54) is 0 Å². The number of nitrogens with zero attached hydrogens (tertiary/aromatic N) is 1. The third kappa shape index (κ3) is 2.49. The van der Waals surface area contributed by atoms with Gasteiger partial charge in [-0.05, 0) is 24.0 Å². The SMILES string of the molecule is COC(Cc1ccc(C2(C#N)CC2)cc1)OC. The Morgan fingerprint density at radius 2 is 1.82 bits per heavy atom. The number of hydrogen-bond donors (Lipinski definition) is 0. The second-order valence-corrected chi connectivity index (χ2v) is 4.50. The molecule has 0 aromatic heterocycles. The molecule has 1 aromatic rings.